The molecule has 5 heteroatoms. The van der Waals surface area contributed by atoms with Gasteiger partial charge < -0.3 is 0 Å². The molecule has 1 saturated carbocycles. The van der Waals surface area contributed by atoms with Gasteiger partial charge >= 0.3 is 6.36 Å². The van der Waals surface area contributed by atoms with Crippen molar-refractivity contribution in [2.45, 2.75) is 25.1 Å². The molecule has 2 aliphatic carbocycles. The van der Waals surface area contributed by atoms with Crippen LogP contribution in [0.3, 0.4) is 0 Å². The van der Waals surface area contributed by atoms with Gasteiger partial charge in [0.15, 0.2) is 0 Å². The van der Waals surface area contributed by atoms with E-state index in [1.54, 1.807) is 12.2 Å². The average molecular weight is 196 g/mol. The predicted molar refractivity (Wildman–Crippen MR) is 36.6 cm³/mol. The van der Waals surface area contributed by atoms with Crippen molar-refractivity contribution in [1.82, 2.24) is 0 Å². The van der Waals surface area contributed by atoms with Crippen molar-refractivity contribution in [2.24, 2.45) is 11.8 Å². The highest BCUT2D eigenvalue weighted by Gasteiger charge is 2.50. The molecule has 2 bridgehead atoms. The fourth-order valence-electron chi connectivity index (χ4n) is 2.02. The van der Waals surface area contributed by atoms with Gasteiger partial charge in [0.2, 0.25) is 0 Å². The molecule has 2 rings (SSSR count). The SMILES string of the molecule is FC1C2C=CC(C2)C1OC(F)(F)F. The van der Waals surface area contributed by atoms with Crippen LogP contribution in [0.15, 0.2) is 12.2 Å². The van der Waals surface area contributed by atoms with E-state index in [1.165, 1.54) is 0 Å². The van der Waals surface area contributed by atoms with Crippen molar-refractivity contribution in [3.05, 3.63) is 12.2 Å². The number of hydrogen-bond donors (Lipinski definition) is 0. The lowest BCUT2D eigenvalue weighted by atomic mass is 10.0. The maximum atomic E-state index is 13.1. The third kappa shape index (κ3) is 1.57. The summed E-state index contributed by atoms with van der Waals surface area (Å²) >= 11 is 0. The number of hydrogen-bond acceptors (Lipinski definition) is 1. The molecule has 2 aliphatic rings. The van der Waals surface area contributed by atoms with Gasteiger partial charge in [0.1, 0.15) is 12.3 Å². The maximum absolute atomic E-state index is 13.1. The van der Waals surface area contributed by atoms with E-state index in [1.807, 2.05) is 0 Å². The molecule has 1 fully saturated rings. The van der Waals surface area contributed by atoms with Crippen molar-refractivity contribution in [1.29, 1.82) is 0 Å². The summed E-state index contributed by atoms with van der Waals surface area (Å²) in [4.78, 5) is 0. The van der Waals surface area contributed by atoms with Crippen molar-refractivity contribution < 1.29 is 22.3 Å². The Balaban J connectivity index is 2.05. The maximum Gasteiger partial charge on any atom is 0.522 e. The number of alkyl halides is 4. The highest BCUT2D eigenvalue weighted by atomic mass is 19.4. The summed E-state index contributed by atoms with van der Waals surface area (Å²) in [5.41, 5.74) is 0. The topological polar surface area (TPSA) is 9.23 Å². The minimum Gasteiger partial charge on any atom is -0.285 e. The molecule has 0 N–H and O–H groups in total. The minimum absolute atomic E-state index is 0.377. The molecule has 0 saturated heterocycles. The monoisotopic (exact) mass is 196 g/mol. The summed E-state index contributed by atoms with van der Waals surface area (Å²) in [5.74, 6) is -0.779. The molecule has 0 heterocycles. The van der Waals surface area contributed by atoms with Gasteiger partial charge in [-0.3, -0.25) is 4.74 Å². The van der Waals surface area contributed by atoms with Crippen LogP contribution in [0.4, 0.5) is 17.6 Å². The third-order valence-corrected chi connectivity index (χ3v) is 2.56. The van der Waals surface area contributed by atoms with Crippen LogP contribution in [0.5, 0.6) is 0 Å². The summed E-state index contributed by atoms with van der Waals surface area (Å²) in [6, 6.07) is 0. The van der Waals surface area contributed by atoms with Crippen molar-refractivity contribution in [3.8, 4) is 0 Å². The first-order chi connectivity index (χ1) is 5.97. The van der Waals surface area contributed by atoms with Gasteiger partial charge in [-0.15, -0.1) is 13.2 Å². The molecule has 0 amide bonds. The Bertz CT molecular complexity index is 235. The van der Waals surface area contributed by atoms with Gasteiger partial charge in [-0.25, -0.2) is 4.39 Å². The van der Waals surface area contributed by atoms with Gasteiger partial charge in [-0.2, -0.15) is 0 Å². The minimum atomic E-state index is -4.73. The van der Waals surface area contributed by atoms with Gasteiger partial charge in [-0.1, -0.05) is 12.2 Å². The van der Waals surface area contributed by atoms with Crippen LogP contribution in [-0.4, -0.2) is 18.6 Å². The molecule has 0 radical (unpaired) electrons. The predicted octanol–water partition coefficient (Wildman–Crippen LogP) is 2.44. The Morgan fingerprint density at radius 2 is 1.77 bits per heavy atom. The number of allylic oxidation sites excluding steroid dienone is 1. The average Bonchev–Trinajstić information content (AvgIpc) is 2.51. The molecule has 74 valence electrons. The highest BCUT2D eigenvalue weighted by Crippen LogP contribution is 2.44. The fraction of sp³-hybridized carbons (Fsp3) is 0.750. The zero-order chi connectivity index (χ0) is 9.64. The van der Waals surface area contributed by atoms with Crippen LogP contribution in [-0.2, 0) is 4.74 Å². The largest absolute Gasteiger partial charge is 0.522 e. The molecule has 4 unspecified atom stereocenters. The van der Waals surface area contributed by atoms with E-state index in [2.05, 4.69) is 4.74 Å². The second-order valence-corrected chi connectivity index (χ2v) is 3.42. The van der Waals surface area contributed by atoms with Crippen LogP contribution >= 0.6 is 0 Å². The van der Waals surface area contributed by atoms with Crippen LogP contribution in [0.2, 0.25) is 0 Å². The molecular weight excluding hydrogens is 188 g/mol. The van der Waals surface area contributed by atoms with Crippen LogP contribution in [0.25, 0.3) is 0 Å². The standard InChI is InChI=1S/C8H8F4O/c9-6-4-1-2-5(3-4)7(6)13-8(10,11)12/h1-2,4-7H,3H2. The molecule has 1 nitrogen and oxygen atoms in total. The van der Waals surface area contributed by atoms with Gasteiger partial charge in [0.05, 0.1) is 0 Å². The van der Waals surface area contributed by atoms with E-state index in [-0.39, 0.29) is 5.92 Å². The van der Waals surface area contributed by atoms with Gasteiger partial charge in [0, 0.05) is 11.8 Å². The summed E-state index contributed by atoms with van der Waals surface area (Å²) < 4.78 is 52.2. The molecular formula is C8H8F4O. The van der Waals surface area contributed by atoms with E-state index in [4.69, 9.17) is 0 Å². The Morgan fingerprint density at radius 1 is 1.15 bits per heavy atom. The number of rotatable bonds is 1. The van der Waals surface area contributed by atoms with E-state index >= 15 is 0 Å². The summed E-state index contributed by atoms with van der Waals surface area (Å²) in [6.07, 6.45) is -3.87. The molecule has 0 aromatic heterocycles. The molecule has 0 aliphatic heterocycles. The lowest BCUT2D eigenvalue weighted by molar-refractivity contribution is -0.350. The van der Waals surface area contributed by atoms with E-state index in [0.717, 1.165) is 0 Å². The Kier molecular flexibility index (Phi) is 1.87. The highest BCUT2D eigenvalue weighted by molar-refractivity contribution is 5.15. The van der Waals surface area contributed by atoms with E-state index in [9.17, 15) is 17.6 Å². The van der Waals surface area contributed by atoms with Crippen LogP contribution < -0.4 is 0 Å². The van der Waals surface area contributed by atoms with E-state index < -0.39 is 24.6 Å². The molecule has 0 spiro atoms. The van der Waals surface area contributed by atoms with Crippen molar-refractivity contribution >= 4 is 0 Å². The zero-order valence-corrected chi connectivity index (χ0v) is 6.59. The lowest BCUT2D eigenvalue weighted by Gasteiger charge is -2.23. The summed E-state index contributed by atoms with van der Waals surface area (Å²) in [5, 5.41) is 0. The summed E-state index contributed by atoms with van der Waals surface area (Å²) in [7, 11) is 0. The first-order valence-electron chi connectivity index (χ1n) is 4.04. The fourth-order valence-corrected chi connectivity index (χ4v) is 2.02. The van der Waals surface area contributed by atoms with Crippen molar-refractivity contribution in [3.63, 3.8) is 0 Å². The third-order valence-electron chi connectivity index (χ3n) is 2.56. The Morgan fingerprint density at radius 3 is 2.23 bits per heavy atom. The molecule has 4 atom stereocenters. The molecule has 13 heavy (non-hydrogen) atoms. The number of ether oxygens (including phenoxy) is 1. The Labute approximate surface area is 72.4 Å². The van der Waals surface area contributed by atoms with Crippen LogP contribution in [0, 0.1) is 11.8 Å². The Hall–Kier alpha value is -0.580. The van der Waals surface area contributed by atoms with Crippen molar-refractivity contribution in [2.75, 3.05) is 0 Å². The normalized spacial score (nSPS) is 43.1. The van der Waals surface area contributed by atoms with Crippen LogP contribution in [0.1, 0.15) is 6.42 Å². The first-order valence-corrected chi connectivity index (χ1v) is 4.04. The second-order valence-electron chi connectivity index (χ2n) is 3.42. The second kappa shape index (κ2) is 2.70. The van der Waals surface area contributed by atoms with E-state index in [0.29, 0.717) is 6.42 Å². The lowest BCUT2D eigenvalue weighted by Crippen LogP contribution is -2.34. The van der Waals surface area contributed by atoms with Gasteiger partial charge in [0.25, 0.3) is 0 Å². The smallest absolute Gasteiger partial charge is 0.285 e. The summed E-state index contributed by atoms with van der Waals surface area (Å²) in [6.45, 7) is 0. The first kappa shape index (κ1) is 8.99. The number of halogens is 4. The number of fused-ring (bicyclic) bond motifs is 2. The zero-order valence-electron chi connectivity index (χ0n) is 6.59. The quantitative estimate of drug-likeness (QED) is 0.462. The molecule has 0 aromatic rings. The van der Waals surface area contributed by atoms with Gasteiger partial charge in [-0.05, 0) is 6.42 Å². The molecule has 0 aromatic carbocycles.